The zero-order chi connectivity index (χ0) is 29.3. The van der Waals surface area contributed by atoms with Gasteiger partial charge in [0.05, 0.1) is 11.4 Å². The molecule has 0 atom stereocenters. The van der Waals surface area contributed by atoms with Gasteiger partial charge in [0.1, 0.15) is 0 Å². The molecule has 0 unspecified atom stereocenters. The average molecular weight is 557 g/mol. The van der Waals surface area contributed by atoms with E-state index in [1.165, 1.54) is 21.5 Å². The van der Waals surface area contributed by atoms with Crippen LogP contribution in [0.5, 0.6) is 0 Å². The molecule has 2 heterocycles. The lowest BCUT2D eigenvalue weighted by atomic mass is 9.97. The zero-order valence-electron chi connectivity index (χ0n) is 23.8. The molecule has 0 N–H and O–H groups in total. The van der Waals surface area contributed by atoms with Crippen molar-refractivity contribution in [3.63, 3.8) is 0 Å². The van der Waals surface area contributed by atoms with Crippen LogP contribution in [0.3, 0.4) is 0 Å². The van der Waals surface area contributed by atoms with Gasteiger partial charge in [-0.2, -0.15) is 0 Å². The number of benzene rings is 6. The van der Waals surface area contributed by atoms with E-state index in [2.05, 4.69) is 143 Å². The van der Waals surface area contributed by atoms with E-state index in [-0.39, 0.29) is 0 Å². The van der Waals surface area contributed by atoms with E-state index in [9.17, 15) is 0 Å². The summed E-state index contributed by atoms with van der Waals surface area (Å²) in [6, 6.07) is 46.0. The van der Waals surface area contributed by atoms with Crippen LogP contribution in [0.15, 0.2) is 146 Å². The zero-order valence-corrected chi connectivity index (χ0v) is 23.8. The highest BCUT2D eigenvalue weighted by Crippen LogP contribution is 2.29. The molecule has 0 radical (unpaired) electrons. The van der Waals surface area contributed by atoms with Crippen LogP contribution in [-0.2, 0) is 0 Å². The monoisotopic (exact) mass is 556 g/mol. The molecule has 0 saturated carbocycles. The summed E-state index contributed by atoms with van der Waals surface area (Å²) >= 11 is 0. The lowest BCUT2D eigenvalue weighted by Crippen LogP contribution is -1.89. The van der Waals surface area contributed by atoms with Gasteiger partial charge < -0.3 is 0 Å². The van der Waals surface area contributed by atoms with Gasteiger partial charge in [-0.1, -0.05) is 121 Å². The van der Waals surface area contributed by atoms with Crippen LogP contribution in [0.1, 0.15) is 22.3 Å². The van der Waals surface area contributed by atoms with E-state index in [0.29, 0.717) is 0 Å². The Hall–Kier alpha value is -6.22. The summed E-state index contributed by atoms with van der Waals surface area (Å²) in [6.07, 6.45) is 3.63. The molecular formula is C42H24N2. The Labute approximate surface area is 255 Å². The normalized spacial score (nSPS) is 10.8. The van der Waals surface area contributed by atoms with Crippen molar-refractivity contribution in [2.45, 2.75) is 0 Å². The van der Waals surface area contributed by atoms with Gasteiger partial charge in [-0.3, -0.25) is 9.97 Å². The molecule has 0 fully saturated rings. The molecule has 8 aromatic rings. The first-order chi connectivity index (χ1) is 21.8. The van der Waals surface area contributed by atoms with Crippen molar-refractivity contribution in [1.29, 1.82) is 0 Å². The maximum Gasteiger partial charge on any atom is 0.0887 e. The predicted octanol–water partition coefficient (Wildman–Crippen LogP) is 9.56. The van der Waals surface area contributed by atoms with Crippen LogP contribution in [0.2, 0.25) is 0 Å². The molecule has 0 bridgehead atoms. The Morgan fingerprint density at radius 3 is 1.00 bits per heavy atom. The third-order valence-electron chi connectivity index (χ3n) is 8.00. The van der Waals surface area contributed by atoms with Crippen molar-refractivity contribution in [3.05, 3.63) is 168 Å². The predicted molar refractivity (Wildman–Crippen MR) is 182 cm³/mol. The lowest BCUT2D eigenvalue weighted by Gasteiger charge is -2.06. The third kappa shape index (κ3) is 4.72. The first kappa shape index (κ1) is 25.5. The first-order valence-electron chi connectivity index (χ1n) is 14.6. The topological polar surface area (TPSA) is 25.8 Å². The van der Waals surface area contributed by atoms with Crippen LogP contribution in [0.4, 0.5) is 0 Å². The fraction of sp³-hybridized carbons (Fsp3) is 0. The van der Waals surface area contributed by atoms with Crippen molar-refractivity contribution in [2.24, 2.45) is 0 Å². The highest BCUT2D eigenvalue weighted by molar-refractivity contribution is 6.05. The van der Waals surface area contributed by atoms with Crippen molar-refractivity contribution >= 4 is 43.1 Å². The van der Waals surface area contributed by atoms with E-state index in [4.69, 9.17) is 0 Å². The van der Waals surface area contributed by atoms with E-state index >= 15 is 0 Å². The number of hydrogen-bond acceptors (Lipinski definition) is 2. The molecule has 0 saturated heterocycles. The van der Waals surface area contributed by atoms with Crippen molar-refractivity contribution in [1.82, 2.24) is 9.97 Å². The molecule has 0 aliphatic carbocycles. The summed E-state index contributed by atoms with van der Waals surface area (Å²) in [5.41, 5.74) is 5.39. The quantitative estimate of drug-likeness (QED) is 0.149. The molecule has 2 heteroatoms. The minimum atomic E-state index is 0.797. The number of hydrogen-bond donors (Lipinski definition) is 0. The smallest absolute Gasteiger partial charge is 0.0887 e. The van der Waals surface area contributed by atoms with Gasteiger partial charge in [-0.25, -0.2) is 0 Å². The number of pyridine rings is 2. The van der Waals surface area contributed by atoms with Gasteiger partial charge >= 0.3 is 0 Å². The van der Waals surface area contributed by atoms with E-state index in [0.717, 1.165) is 55.2 Å². The SMILES string of the molecule is C(#Cc1c2ccccc2cc2ccccc12)c1ccc(-c2ccc(C#Cc3c4ccccc4cc4ccccc34)cn2)nc1. The minimum Gasteiger partial charge on any atom is -0.253 e. The summed E-state index contributed by atoms with van der Waals surface area (Å²) in [4.78, 5) is 9.35. The highest BCUT2D eigenvalue weighted by Gasteiger charge is 2.07. The molecule has 2 nitrogen and oxygen atoms in total. The van der Waals surface area contributed by atoms with Crippen LogP contribution < -0.4 is 0 Å². The largest absolute Gasteiger partial charge is 0.253 e. The summed E-state index contributed by atoms with van der Waals surface area (Å²) in [5.74, 6) is 13.6. The van der Waals surface area contributed by atoms with Crippen molar-refractivity contribution < 1.29 is 0 Å². The molecule has 0 amide bonds. The first-order valence-corrected chi connectivity index (χ1v) is 14.6. The van der Waals surface area contributed by atoms with Crippen LogP contribution in [0, 0.1) is 23.7 Å². The van der Waals surface area contributed by atoms with Gasteiger partial charge in [0.15, 0.2) is 0 Å². The Morgan fingerprint density at radius 1 is 0.341 bits per heavy atom. The highest BCUT2D eigenvalue weighted by atomic mass is 14.8. The van der Waals surface area contributed by atoms with Gasteiger partial charge in [-0.05, 0) is 79.5 Å². The van der Waals surface area contributed by atoms with E-state index in [1.54, 1.807) is 0 Å². The molecule has 0 spiro atoms. The second-order valence-corrected chi connectivity index (χ2v) is 10.8. The van der Waals surface area contributed by atoms with Gasteiger partial charge in [-0.15, -0.1) is 0 Å². The number of fused-ring (bicyclic) bond motifs is 4. The standard InChI is InChI=1S/C42H24N2/c1-5-13-35-31(9-1)25-32-10-2-6-14-36(32)39(35)21-17-29-19-23-41(43-27-29)42-24-20-30(28-44-42)18-22-40-37-15-7-3-11-33(37)26-34-12-4-8-16-38(34)40/h1-16,19-20,23-28H. The van der Waals surface area contributed by atoms with Crippen LogP contribution in [-0.4, -0.2) is 9.97 Å². The summed E-state index contributed by atoms with van der Waals surface area (Å²) in [6.45, 7) is 0. The Balaban J connectivity index is 1.08. The molecule has 2 aromatic heterocycles. The van der Waals surface area contributed by atoms with Gasteiger partial charge in [0.2, 0.25) is 0 Å². The van der Waals surface area contributed by atoms with Crippen LogP contribution in [0.25, 0.3) is 54.5 Å². The molecule has 44 heavy (non-hydrogen) atoms. The third-order valence-corrected chi connectivity index (χ3v) is 8.00. The van der Waals surface area contributed by atoms with E-state index < -0.39 is 0 Å². The van der Waals surface area contributed by atoms with Gasteiger partial charge in [0, 0.05) is 34.6 Å². The fourth-order valence-corrected chi connectivity index (χ4v) is 5.80. The summed E-state index contributed by atoms with van der Waals surface area (Å²) in [7, 11) is 0. The lowest BCUT2D eigenvalue weighted by molar-refractivity contribution is 1.24. The molecule has 0 aliphatic rings. The molecule has 8 rings (SSSR count). The molecular weight excluding hydrogens is 532 g/mol. The Kier molecular flexibility index (Phi) is 6.30. The summed E-state index contributed by atoms with van der Waals surface area (Å²) < 4.78 is 0. The van der Waals surface area contributed by atoms with E-state index in [1.807, 2.05) is 36.7 Å². The van der Waals surface area contributed by atoms with Crippen LogP contribution >= 0.6 is 0 Å². The van der Waals surface area contributed by atoms with Crippen molar-refractivity contribution in [2.75, 3.05) is 0 Å². The average Bonchev–Trinajstić information content (AvgIpc) is 3.09. The number of nitrogens with zero attached hydrogens (tertiary/aromatic N) is 2. The number of aromatic nitrogens is 2. The Morgan fingerprint density at radius 2 is 0.682 bits per heavy atom. The minimum absolute atomic E-state index is 0.797. The number of rotatable bonds is 1. The second-order valence-electron chi connectivity index (χ2n) is 10.8. The second kappa shape index (κ2) is 10.9. The Bertz CT molecular complexity index is 2200. The molecule has 202 valence electrons. The fourth-order valence-electron chi connectivity index (χ4n) is 5.80. The van der Waals surface area contributed by atoms with Crippen molar-refractivity contribution in [3.8, 4) is 35.1 Å². The van der Waals surface area contributed by atoms with Gasteiger partial charge in [0.25, 0.3) is 0 Å². The maximum absolute atomic E-state index is 4.68. The molecule has 0 aliphatic heterocycles. The maximum atomic E-state index is 4.68. The summed E-state index contributed by atoms with van der Waals surface area (Å²) in [5, 5.41) is 9.38. The molecule has 6 aromatic carbocycles.